The first-order chi connectivity index (χ1) is 8.77. The summed E-state index contributed by atoms with van der Waals surface area (Å²) in [4.78, 5) is 8.43. The first-order valence-electron chi connectivity index (χ1n) is 5.35. The zero-order valence-electron chi connectivity index (χ0n) is 9.65. The van der Waals surface area contributed by atoms with Gasteiger partial charge in [-0.15, -0.1) is 0 Å². The van der Waals surface area contributed by atoms with Gasteiger partial charge in [0.1, 0.15) is 0 Å². The Hall–Kier alpha value is -2.08. The summed E-state index contributed by atoms with van der Waals surface area (Å²) >= 11 is 0. The number of aromatic nitrogens is 4. The van der Waals surface area contributed by atoms with Crippen LogP contribution in [-0.4, -0.2) is 30.0 Å². The van der Waals surface area contributed by atoms with E-state index in [1.54, 1.807) is 29.2 Å². The summed E-state index contributed by atoms with van der Waals surface area (Å²) in [5, 5.41) is 4.83. The van der Waals surface area contributed by atoms with E-state index in [2.05, 4.69) is 15.1 Å². The Morgan fingerprint density at radius 3 is 2.67 bits per heavy atom. The first-order valence-corrected chi connectivity index (χ1v) is 6.91. The Labute approximate surface area is 106 Å². The minimum atomic E-state index is -1.19. The van der Waals surface area contributed by atoms with Crippen LogP contribution in [0.15, 0.2) is 47.9 Å². The molecule has 1 unspecified atom stereocenters. The third kappa shape index (κ3) is 1.70. The van der Waals surface area contributed by atoms with Gasteiger partial charge in [-0.05, 0) is 18.2 Å². The fourth-order valence-corrected chi connectivity index (χ4v) is 2.50. The second-order valence-corrected chi connectivity index (χ2v) is 5.03. The van der Waals surface area contributed by atoms with Crippen LogP contribution >= 0.6 is 0 Å². The largest absolute Gasteiger partial charge is 0.253 e. The van der Waals surface area contributed by atoms with Gasteiger partial charge in [-0.3, -0.25) is 4.21 Å². The molecule has 6 heteroatoms. The van der Waals surface area contributed by atoms with Crippen LogP contribution in [0, 0.1) is 0 Å². The second-order valence-electron chi connectivity index (χ2n) is 3.74. The van der Waals surface area contributed by atoms with Gasteiger partial charge in [0.05, 0.1) is 21.9 Å². The molecule has 1 atom stereocenters. The van der Waals surface area contributed by atoms with E-state index >= 15 is 0 Å². The highest BCUT2D eigenvalue weighted by Crippen LogP contribution is 2.26. The number of hydrogen-bond donors (Lipinski definition) is 0. The fourth-order valence-electron chi connectivity index (χ4n) is 1.82. The Morgan fingerprint density at radius 2 is 1.94 bits per heavy atom. The van der Waals surface area contributed by atoms with Gasteiger partial charge in [0.15, 0.2) is 10.9 Å². The van der Waals surface area contributed by atoms with Crippen molar-refractivity contribution in [2.24, 2.45) is 0 Å². The lowest BCUT2D eigenvalue weighted by Gasteiger charge is -1.98. The van der Waals surface area contributed by atoms with E-state index in [0.717, 1.165) is 11.1 Å². The van der Waals surface area contributed by atoms with Gasteiger partial charge in [0.25, 0.3) is 0 Å². The van der Waals surface area contributed by atoms with Gasteiger partial charge in [0.2, 0.25) is 0 Å². The molecule has 90 valence electrons. The molecule has 0 bridgehead atoms. The third-order valence-corrected chi connectivity index (χ3v) is 3.40. The van der Waals surface area contributed by atoms with Crippen molar-refractivity contribution in [1.29, 1.82) is 0 Å². The maximum atomic E-state index is 11.8. The van der Waals surface area contributed by atoms with Gasteiger partial charge in [-0.2, -0.15) is 5.10 Å². The van der Waals surface area contributed by atoms with Gasteiger partial charge in [0, 0.05) is 24.8 Å². The van der Waals surface area contributed by atoms with Crippen molar-refractivity contribution in [3.05, 3.63) is 42.9 Å². The predicted octanol–water partition coefficient (Wildman–Crippen LogP) is 1.53. The third-order valence-electron chi connectivity index (χ3n) is 2.57. The predicted molar refractivity (Wildman–Crippen MR) is 68.6 cm³/mol. The monoisotopic (exact) mass is 258 g/mol. The number of fused-ring (bicyclic) bond motifs is 1. The summed E-state index contributed by atoms with van der Waals surface area (Å²) in [6, 6.07) is 7.44. The van der Waals surface area contributed by atoms with E-state index in [1.807, 2.05) is 24.4 Å². The summed E-state index contributed by atoms with van der Waals surface area (Å²) in [6.45, 7) is 0. The molecule has 0 radical (unpaired) electrons. The van der Waals surface area contributed by atoms with Crippen LogP contribution < -0.4 is 0 Å². The normalized spacial score (nSPS) is 12.7. The maximum absolute atomic E-state index is 11.8. The van der Waals surface area contributed by atoms with E-state index in [-0.39, 0.29) is 0 Å². The molecular weight excluding hydrogens is 248 g/mol. The van der Waals surface area contributed by atoms with Gasteiger partial charge in [-0.25, -0.2) is 14.5 Å². The molecule has 0 saturated carbocycles. The number of nitrogens with zero attached hydrogens (tertiary/aromatic N) is 4. The van der Waals surface area contributed by atoms with Crippen molar-refractivity contribution < 1.29 is 4.21 Å². The second kappa shape index (κ2) is 4.30. The van der Waals surface area contributed by atoms with Crippen LogP contribution in [-0.2, 0) is 10.8 Å². The lowest BCUT2D eigenvalue weighted by molar-refractivity contribution is 0.682. The molecule has 0 aromatic carbocycles. The van der Waals surface area contributed by atoms with E-state index in [9.17, 15) is 4.21 Å². The Kier molecular flexibility index (Phi) is 2.64. The average molecular weight is 258 g/mol. The molecule has 0 fully saturated rings. The summed E-state index contributed by atoms with van der Waals surface area (Å²) in [7, 11) is -1.19. The molecule has 5 nitrogen and oxygen atoms in total. The Morgan fingerprint density at radius 1 is 1.17 bits per heavy atom. The highest BCUT2D eigenvalue weighted by atomic mass is 32.2. The number of pyridine rings is 1. The molecule has 0 spiro atoms. The molecule has 3 heterocycles. The molecule has 0 aliphatic heterocycles. The van der Waals surface area contributed by atoms with Crippen LogP contribution in [0.2, 0.25) is 0 Å². The van der Waals surface area contributed by atoms with Crippen LogP contribution in [0.3, 0.4) is 0 Å². The first kappa shape index (κ1) is 11.0. The summed E-state index contributed by atoms with van der Waals surface area (Å²) in [5.74, 6) is 0.545. The van der Waals surface area contributed by atoms with Gasteiger partial charge < -0.3 is 0 Å². The minimum Gasteiger partial charge on any atom is -0.253 e. The molecule has 0 aliphatic carbocycles. The van der Waals surface area contributed by atoms with E-state index < -0.39 is 10.8 Å². The lowest BCUT2D eigenvalue weighted by atomic mass is 10.2. The molecular formula is C12H10N4OS. The molecule has 0 aliphatic rings. The van der Waals surface area contributed by atoms with Crippen molar-refractivity contribution in [3.8, 4) is 11.4 Å². The summed E-state index contributed by atoms with van der Waals surface area (Å²) in [5.41, 5.74) is 1.59. The number of rotatable bonds is 2. The standard InChI is InChI=1S/C12H10N4OS/c1-18(17)12-10(11-13-6-4-7-14-11)9-5-2-3-8-16(9)15-12/h2-8H,1H3. The van der Waals surface area contributed by atoms with Crippen molar-refractivity contribution in [2.75, 3.05) is 6.26 Å². The Balaban J connectivity index is 2.38. The summed E-state index contributed by atoms with van der Waals surface area (Å²) in [6.07, 6.45) is 6.75. The average Bonchev–Trinajstić information content (AvgIpc) is 2.79. The van der Waals surface area contributed by atoms with Crippen molar-refractivity contribution >= 4 is 16.3 Å². The van der Waals surface area contributed by atoms with E-state index in [0.29, 0.717) is 10.9 Å². The van der Waals surface area contributed by atoms with Crippen LogP contribution in [0.25, 0.3) is 16.9 Å². The van der Waals surface area contributed by atoms with Crippen LogP contribution in [0.1, 0.15) is 0 Å². The zero-order chi connectivity index (χ0) is 12.5. The topological polar surface area (TPSA) is 60.2 Å². The lowest BCUT2D eigenvalue weighted by Crippen LogP contribution is -1.94. The zero-order valence-corrected chi connectivity index (χ0v) is 10.5. The van der Waals surface area contributed by atoms with Crippen LogP contribution in [0.5, 0.6) is 0 Å². The molecule has 18 heavy (non-hydrogen) atoms. The van der Waals surface area contributed by atoms with Crippen LogP contribution in [0.4, 0.5) is 0 Å². The quantitative estimate of drug-likeness (QED) is 0.699. The van der Waals surface area contributed by atoms with Crippen molar-refractivity contribution in [1.82, 2.24) is 19.6 Å². The van der Waals surface area contributed by atoms with Gasteiger partial charge >= 0.3 is 0 Å². The van der Waals surface area contributed by atoms with Crippen molar-refractivity contribution in [2.45, 2.75) is 5.03 Å². The molecule has 3 aromatic rings. The molecule has 0 saturated heterocycles. The maximum Gasteiger partial charge on any atom is 0.164 e. The fraction of sp³-hybridized carbons (Fsp3) is 0.0833. The molecule has 3 rings (SSSR count). The molecule has 3 aromatic heterocycles. The number of hydrogen-bond acceptors (Lipinski definition) is 4. The molecule has 0 N–H and O–H groups in total. The highest BCUT2D eigenvalue weighted by molar-refractivity contribution is 7.84. The SMILES string of the molecule is CS(=O)c1nn2ccccc2c1-c1ncccn1. The summed E-state index contributed by atoms with van der Waals surface area (Å²) < 4.78 is 13.5. The Bertz CT molecular complexity index is 723. The van der Waals surface area contributed by atoms with E-state index in [1.165, 1.54) is 0 Å². The van der Waals surface area contributed by atoms with Gasteiger partial charge in [-0.1, -0.05) is 6.07 Å². The minimum absolute atomic E-state index is 0.507. The van der Waals surface area contributed by atoms with E-state index in [4.69, 9.17) is 0 Å². The van der Waals surface area contributed by atoms with Crippen molar-refractivity contribution in [3.63, 3.8) is 0 Å². The smallest absolute Gasteiger partial charge is 0.164 e. The molecule has 0 amide bonds. The highest BCUT2D eigenvalue weighted by Gasteiger charge is 2.18.